The van der Waals surface area contributed by atoms with Gasteiger partial charge in [0, 0.05) is 20.0 Å². The van der Waals surface area contributed by atoms with E-state index in [9.17, 15) is 27.6 Å². The molecule has 0 bridgehead atoms. The van der Waals surface area contributed by atoms with Crippen molar-refractivity contribution in [3.63, 3.8) is 0 Å². The zero-order valence-electron chi connectivity index (χ0n) is 21.6. The van der Waals surface area contributed by atoms with Crippen LogP contribution in [-0.4, -0.2) is 45.3 Å². The maximum absolute atomic E-state index is 12.5. The first-order valence-corrected chi connectivity index (χ1v) is 12.2. The van der Waals surface area contributed by atoms with Crippen molar-refractivity contribution in [1.82, 2.24) is 14.3 Å². The summed E-state index contributed by atoms with van der Waals surface area (Å²) < 4.78 is 55.1. The summed E-state index contributed by atoms with van der Waals surface area (Å²) in [5.74, 6) is -0.198. The molecular weight excluding hydrogens is 495 g/mol. The van der Waals surface area contributed by atoms with Crippen LogP contribution in [0.25, 0.3) is 0 Å². The summed E-state index contributed by atoms with van der Waals surface area (Å²) in [6.07, 6.45) is -2.92. The maximum Gasteiger partial charge on any atom is 0.389 e. The topological polar surface area (TPSA) is 102 Å². The fourth-order valence-corrected chi connectivity index (χ4v) is 3.51. The third kappa shape index (κ3) is 9.58. The van der Waals surface area contributed by atoms with Crippen molar-refractivity contribution in [2.45, 2.75) is 77.6 Å². The first kappa shape index (κ1) is 29.9. The minimum atomic E-state index is -4.37. The summed E-state index contributed by atoms with van der Waals surface area (Å²) in [5, 5.41) is 3.80. The molecule has 9 nitrogen and oxygen atoms in total. The van der Waals surface area contributed by atoms with Gasteiger partial charge in [0.25, 0.3) is 5.88 Å². The van der Waals surface area contributed by atoms with Crippen LogP contribution in [0.2, 0.25) is 0 Å². The average Bonchev–Trinajstić information content (AvgIpc) is 2.81. The summed E-state index contributed by atoms with van der Waals surface area (Å²) in [6, 6.07) is 7.44. The number of ether oxygens (including phenoxy) is 3. The van der Waals surface area contributed by atoms with Crippen molar-refractivity contribution in [3.05, 3.63) is 50.7 Å². The molecule has 2 aromatic rings. The number of hydrogen-bond donors (Lipinski definition) is 0. The zero-order chi connectivity index (χ0) is 27.6. The first-order chi connectivity index (χ1) is 17.3. The molecule has 0 aliphatic rings. The van der Waals surface area contributed by atoms with Crippen molar-refractivity contribution < 1.29 is 32.2 Å². The number of halogens is 3. The highest BCUT2D eigenvalue weighted by Gasteiger charge is 2.31. The second-order valence-corrected chi connectivity index (χ2v) is 9.03. The van der Waals surface area contributed by atoms with Gasteiger partial charge in [0.05, 0.1) is 13.2 Å². The number of alkyl halides is 3. The second kappa shape index (κ2) is 13.3. The average molecular weight is 530 g/mol. The summed E-state index contributed by atoms with van der Waals surface area (Å²) in [4.78, 5) is 36.6. The molecule has 0 fully saturated rings. The van der Waals surface area contributed by atoms with Gasteiger partial charge in [-0.05, 0) is 70.6 Å². The van der Waals surface area contributed by atoms with Crippen LogP contribution in [0.3, 0.4) is 0 Å². The number of hydrogen-bond acceptors (Lipinski definition) is 7. The maximum atomic E-state index is 12.5. The van der Waals surface area contributed by atoms with E-state index in [0.717, 1.165) is 29.5 Å². The minimum Gasteiger partial charge on any atom is -0.476 e. The quantitative estimate of drug-likeness (QED) is 0.271. The van der Waals surface area contributed by atoms with Crippen LogP contribution in [0.5, 0.6) is 11.6 Å². The van der Waals surface area contributed by atoms with Crippen molar-refractivity contribution in [2.75, 3.05) is 13.2 Å². The summed E-state index contributed by atoms with van der Waals surface area (Å²) in [6.45, 7) is 5.09. The van der Waals surface area contributed by atoms with Crippen LogP contribution in [0.4, 0.5) is 13.2 Å². The van der Waals surface area contributed by atoms with E-state index in [2.05, 4.69) is 5.10 Å². The summed E-state index contributed by atoms with van der Waals surface area (Å²) in [7, 11) is 1.31. The molecule has 0 atom stereocenters. The molecular formula is C25H34F3N3O6. The van der Waals surface area contributed by atoms with E-state index in [1.165, 1.54) is 7.05 Å². The number of nitrogens with zero attached hydrogens (tertiary/aromatic N) is 3. The number of carbonyl (C=O) groups excluding carboxylic acids is 1. The normalized spacial score (nSPS) is 11.9. The first-order valence-electron chi connectivity index (χ1n) is 12.2. The Labute approximate surface area is 213 Å². The van der Waals surface area contributed by atoms with Gasteiger partial charge in [0.1, 0.15) is 5.75 Å². The molecule has 0 saturated heterocycles. The van der Waals surface area contributed by atoms with Crippen LogP contribution < -0.4 is 20.7 Å². The minimum absolute atomic E-state index is 0.167. The Balaban J connectivity index is 1.84. The molecule has 2 rings (SSSR count). The van der Waals surface area contributed by atoms with Gasteiger partial charge in [0.2, 0.25) is 0 Å². The Morgan fingerprint density at radius 3 is 2.49 bits per heavy atom. The number of rotatable bonds is 14. The van der Waals surface area contributed by atoms with Gasteiger partial charge in [-0.3, -0.25) is 9.36 Å². The van der Waals surface area contributed by atoms with Crippen LogP contribution in [0, 0.1) is 0 Å². The lowest BCUT2D eigenvalue weighted by molar-refractivity contribution is -0.158. The van der Waals surface area contributed by atoms with E-state index < -0.39 is 41.8 Å². The van der Waals surface area contributed by atoms with Gasteiger partial charge in [-0.1, -0.05) is 12.1 Å². The van der Waals surface area contributed by atoms with E-state index in [-0.39, 0.29) is 25.6 Å². The Bertz CT molecular complexity index is 1160. The Kier molecular flexibility index (Phi) is 10.8. The molecule has 0 aliphatic heterocycles. The van der Waals surface area contributed by atoms with Crippen LogP contribution >= 0.6 is 0 Å². The molecule has 0 spiro atoms. The van der Waals surface area contributed by atoms with Crippen LogP contribution in [0.1, 0.15) is 58.4 Å². The molecule has 206 valence electrons. The molecule has 0 saturated carbocycles. The van der Waals surface area contributed by atoms with Crippen molar-refractivity contribution >= 4 is 5.97 Å². The van der Waals surface area contributed by atoms with Gasteiger partial charge in [-0.25, -0.2) is 14.3 Å². The predicted molar refractivity (Wildman–Crippen MR) is 130 cm³/mol. The molecule has 37 heavy (non-hydrogen) atoms. The van der Waals surface area contributed by atoms with Crippen molar-refractivity contribution in [1.29, 1.82) is 0 Å². The van der Waals surface area contributed by atoms with E-state index >= 15 is 0 Å². The van der Waals surface area contributed by atoms with Crippen LogP contribution in [0.15, 0.2) is 33.9 Å². The Morgan fingerprint density at radius 2 is 1.81 bits per heavy atom. The lowest BCUT2D eigenvalue weighted by atomic mass is 10.1. The summed E-state index contributed by atoms with van der Waals surface area (Å²) in [5.41, 5.74) is -1.72. The molecule has 0 amide bonds. The highest BCUT2D eigenvalue weighted by molar-refractivity contribution is 5.79. The molecule has 0 aliphatic carbocycles. The van der Waals surface area contributed by atoms with E-state index in [4.69, 9.17) is 14.2 Å². The van der Waals surface area contributed by atoms with E-state index in [0.29, 0.717) is 16.7 Å². The second-order valence-electron chi connectivity index (χ2n) is 9.03. The van der Waals surface area contributed by atoms with Gasteiger partial charge < -0.3 is 14.2 Å². The number of carbonyl (C=O) groups is 1. The lowest BCUT2D eigenvalue weighted by Gasteiger charge is -2.24. The van der Waals surface area contributed by atoms with Gasteiger partial charge in [-0.15, -0.1) is 5.10 Å². The lowest BCUT2D eigenvalue weighted by Crippen LogP contribution is -2.41. The standard InChI is InChI=1S/C25H34F3N3O6/c1-5-35-22(33)24(2,3)37-19-13-9-12-18(17-19)11-7-6-8-16-36-20-21(32)31(23(34)30(4)29-20)15-10-14-25(26,27)28/h9,12-13,17H,5-8,10-11,14-16H2,1-4H3. The Morgan fingerprint density at radius 1 is 1.08 bits per heavy atom. The number of aromatic nitrogens is 3. The number of benzene rings is 1. The SMILES string of the molecule is CCOC(=O)C(C)(C)Oc1cccc(CCCCCOc2nn(C)c(=O)n(CCCC(F)(F)F)c2=O)c1. The molecule has 1 aromatic carbocycles. The van der Waals surface area contributed by atoms with E-state index in [1.807, 2.05) is 18.2 Å². The zero-order valence-corrected chi connectivity index (χ0v) is 21.6. The van der Waals surface area contributed by atoms with Gasteiger partial charge >= 0.3 is 23.4 Å². The highest BCUT2D eigenvalue weighted by atomic mass is 19.4. The van der Waals surface area contributed by atoms with Gasteiger partial charge in [-0.2, -0.15) is 13.2 Å². The summed E-state index contributed by atoms with van der Waals surface area (Å²) >= 11 is 0. The van der Waals surface area contributed by atoms with Crippen LogP contribution in [-0.2, 0) is 29.5 Å². The monoisotopic (exact) mass is 529 g/mol. The molecule has 1 heterocycles. The molecule has 0 N–H and O–H groups in total. The van der Waals surface area contributed by atoms with E-state index in [1.54, 1.807) is 26.8 Å². The Hall–Kier alpha value is -3.31. The van der Waals surface area contributed by atoms with Crippen molar-refractivity contribution in [3.8, 4) is 11.6 Å². The third-order valence-electron chi connectivity index (χ3n) is 5.41. The smallest absolute Gasteiger partial charge is 0.389 e. The molecule has 1 aromatic heterocycles. The predicted octanol–water partition coefficient (Wildman–Crippen LogP) is 3.80. The fourth-order valence-electron chi connectivity index (χ4n) is 3.51. The fraction of sp³-hybridized carbons (Fsp3) is 0.600. The number of aryl methyl sites for hydroxylation is 2. The number of esters is 1. The number of unbranched alkanes of at least 4 members (excludes halogenated alkanes) is 2. The van der Waals surface area contributed by atoms with Gasteiger partial charge in [0.15, 0.2) is 5.60 Å². The molecule has 12 heteroatoms. The molecule has 0 radical (unpaired) electrons. The third-order valence-corrected chi connectivity index (χ3v) is 5.41. The largest absolute Gasteiger partial charge is 0.476 e. The van der Waals surface area contributed by atoms with Crippen molar-refractivity contribution in [2.24, 2.45) is 7.05 Å². The highest BCUT2D eigenvalue weighted by Crippen LogP contribution is 2.22. The molecule has 0 unspecified atom stereocenters.